The van der Waals surface area contributed by atoms with Crippen LogP contribution in [0.3, 0.4) is 0 Å². The lowest BCUT2D eigenvalue weighted by Gasteiger charge is -2.40. The van der Waals surface area contributed by atoms with Crippen molar-refractivity contribution in [3.05, 3.63) is 108 Å². The van der Waals surface area contributed by atoms with E-state index in [1.807, 2.05) is 83.8 Å². The van der Waals surface area contributed by atoms with E-state index in [0.29, 0.717) is 42.3 Å². The van der Waals surface area contributed by atoms with Crippen LogP contribution in [0.4, 0.5) is 0 Å². The summed E-state index contributed by atoms with van der Waals surface area (Å²) in [5.41, 5.74) is 2.83. The summed E-state index contributed by atoms with van der Waals surface area (Å²) in [7, 11) is 1.56. The Bertz CT molecular complexity index is 1590. The lowest BCUT2D eigenvalue weighted by Crippen LogP contribution is -2.52. The van der Waals surface area contributed by atoms with Crippen molar-refractivity contribution in [2.45, 2.75) is 6.04 Å². The van der Waals surface area contributed by atoms with Gasteiger partial charge in [0.2, 0.25) is 0 Å². The molecule has 1 aliphatic heterocycles. The Labute approximate surface area is 214 Å². The van der Waals surface area contributed by atoms with Crippen molar-refractivity contribution in [2.75, 3.05) is 26.7 Å². The number of hydrogen-bond donors (Lipinski definition) is 1. The van der Waals surface area contributed by atoms with Gasteiger partial charge in [0, 0.05) is 25.2 Å². The van der Waals surface area contributed by atoms with Crippen LogP contribution in [-0.2, 0) is 0 Å². The van der Waals surface area contributed by atoms with Gasteiger partial charge >= 0.3 is 0 Å². The molecule has 1 saturated heterocycles. The zero-order chi connectivity index (χ0) is 25.4. The van der Waals surface area contributed by atoms with Crippen LogP contribution in [0, 0.1) is 0 Å². The first-order valence-corrected chi connectivity index (χ1v) is 12.3. The predicted octanol–water partition coefficient (Wildman–Crippen LogP) is 5.06. The molecule has 184 valence electrons. The number of amides is 2. The summed E-state index contributed by atoms with van der Waals surface area (Å²) in [6.07, 6.45) is 0. The predicted molar refractivity (Wildman–Crippen MR) is 143 cm³/mol. The number of para-hydroxylation sites is 3. The van der Waals surface area contributed by atoms with Gasteiger partial charge < -0.3 is 19.5 Å². The number of hydrogen-bond acceptors (Lipinski definition) is 4. The second-order valence-corrected chi connectivity index (χ2v) is 9.17. The number of fused-ring (bicyclic) bond motifs is 2. The second-order valence-electron chi connectivity index (χ2n) is 9.17. The number of aromatic amines is 1. The minimum absolute atomic E-state index is 0.0828. The number of nitrogens with zero attached hydrogens (tertiary/aromatic N) is 3. The molecule has 4 aromatic carbocycles. The van der Waals surface area contributed by atoms with E-state index in [1.165, 1.54) is 0 Å². The number of carbonyl (C=O) groups excluding carboxylic acids is 2. The first-order valence-electron chi connectivity index (χ1n) is 12.3. The molecule has 1 unspecified atom stereocenters. The van der Waals surface area contributed by atoms with Crippen molar-refractivity contribution in [2.24, 2.45) is 0 Å². The third-order valence-corrected chi connectivity index (χ3v) is 6.99. The molecule has 1 aliphatic rings. The van der Waals surface area contributed by atoms with E-state index in [-0.39, 0.29) is 11.8 Å². The van der Waals surface area contributed by atoms with Crippen molar-refractivity contribution in [1.82, 2.24) is 19.8 Å². The van der Waals surface area contributed by atoms with Gasteiger partial charge in [-0.15, -0.1) is 0 Å². The van der Waals surface area contributed by atoms with Gasteiger partial charge in [-0.1, -0.05) is 54.6 Å². The van der Waals surface area contributed by atoms with E-state index in [1.54, 1.807) is 24.1 Å². The maximum atomic E-state index is 13.9. The smallest absolute Gasteiger partial charge is 0.257 e. The molecule has 0 radical (unpaired) electrons. The Kier molecular flexibility index (Phi) is 5.81. The largest absolute Gasteiger partial charge is 0.496 e. The normalized spacial score (nSPS) is 15.8. The second kappa shape index (κ2) is 9.43. The van der Waals surface area contributed by atoms with E-state index >= 15 is 0 Å². The van der Waals surface area contributed by atoms with Crippen LogP contribution in [0.5, 0.6) is 5.75 Å². The molecule has 7 nitrogen and oxygen atoms in total. The van der Waals surface area contributed by atoms with E-state index in [4.69, 9.17) is 9.72 Å². The van der Waals surface area contributed by atoms with Crippen LogP contribution >= 0.6 is 0 Å². The summed E-state index contributed by atoms with van der Waals surface area (Å²) in [6.45, 7) is 1.11. The van der Waals surface area contributed by atoms with Gasteiger partial charge in [-0.05, 0) is 47.2 Å². The van der Waals surface area contributed by atoms with Gasteiger partial charge in [0.1, 0.15) is 17.6 Å². The summed E-state index contributed by atoms with van der Waals surface area (Å²) in [5, 5.41) is 2.10. The van der Waals surface area contributed by atoms with Crippen LogP contribution in [0.25, 0.3) is 21.8 Å². The van der Waals surface area contributed by atoms with Gasteiger partial charge in [0.25, 0.3) is 11.8 Å². The number of benzene rings is 4. The lowest BCUT2D eigenvalue weighted by molar-refractivity contribution is 0.0369. The zero-order valence-corrected chi connectivity index (χ0v) is 20.4. The highest BCUT2D eigenvalue weighted by Gasteiger charge is 2.36. The molecule has 37 heavy (non-hydrogen) atoms. The Balaban J connectivity index is 1.36. The Morgan fingerprint density at radius 3 is 2.46 bits per heavy atom. The third kappa shape index (κ3) is 4.18. The number of carbonyl (C=O) groups is 2. The van der Waals surface area contributed by atoms with E-state index < -0.39 is 6.04 Å². The van der Waals surface area contributed by atoms with Gasteiger partial charge in [-0.2, -0.15) is 0 Å². The summed E-state index contributed by atoms with van der Waals surface area (Å²) in [5.74, 6) is 0.979. The average molecular weight is 491 g/mol. The highest BCUT2D eigenvalue weighted by Crippen LogP contribution is 2.30. The van der Waals surface area contributed by atoms with Gasteiger partial charge in [0.05, 0.1) is 23.7 Å². The molecule has 1 fully saturated rings. The molecular weight excluding hydrogens is 464 g/mol. The molecule has 6 rings (SSSR count). The molecule has 2 amide bonds. The van der Waals surface area contributed by atoms with Crippen LogP contribution in [-0.4, -0.2) is 58.3 Å². The van der Waals surface area contributed by atoms with Crippen molar-refractivity contribution in [3.63, 3.8) is 0 Å². The zero-order valence-electron chi connectivity index (χ0n) is 20.4. The third-order valence-electron chi connectivity index (χ3n) is 6.99. The fraction of sp³-hybridized carbons (Fsp3) is 0.167. The van der Waals surface area contributed by atoms with Crippen LogP contribution < -0.4 is 4.74 Å². The number of rotatable bonds is 4. The molecular formula is C30H26N4O3. The molecule has 1 N–H and O–H groups in total. The molecule has 0 bridgehead atoms. The van der Waals surface area contributed by atoms with Crippen molar-refractivity contribution in [3.8, 4) is 5.75 Å². The quantitative estimate of drug-likeness (QED) is 0.382. The Morgan fingerprint density at radius 1 is 0.865 bits per heavy atom. The number of aromatic nitrogens is 2. The molecule has 1 aromatic heterocycles. The number of H-pyrrole nitrogens is 1. The summed E-state index contributed by atoms with van der Waals surface area (Å²) in [6, 6.07) is 28.3. The standard InChI is InChI=1S/C30H26N4O3/c1-37-27-13-7-4-10-23(27)30(36)33-16-17-34(26(19-33)28-31-24-11-5-6-12-25(24)32-28)29(35)22-15-14-20-8-2-3-9-21(20)18-22/h2-15,18,26H,16-17,19H2,1H3,(H,31,32). The minimum atomic E-state index is -0.432. The van der Waals surface area contributed by atoms with Gasteiger partial charge in [-0.25, -0.2) is 4.98 Å². The number of piperazine rings is 1. The highest BCUT2D eigenvalue weighted by atomic mass is 16.5. The first-order chi connectivity index (χ1) is 18.1. The highest BCUT2D eigenvalue weighted by molar-refractivity contribution is 6.00. The van der Waals surface area contributed by atoms with Crippen LogP contribution in [0.15, 0.2) is 91.0 Å². The number of methoxy groups -OCH3 is 1. The Hall–Kier alpha value is -4.65. The molecule has 0 aliphatic carbocycles. The van der Waals surface area contributed by atoms with Crippen LogP contribution in [0.2, 0.25) is 0 Å². The first kappa shape index (κ1) is 22.8. The van der Waals surface area contributed by atoms with E-state index in [2.05, 4.69) is 4.98 Å². The summed E-state index contributed by atoms with van der Waals surface area (Å²) < 4.78 is 5.43. The van der Waals surface area contributed by atoms with Crippen molar-refractivity contribution >= 4 is 33.6 Å². The van der Waals surface area contributed by atoms with E-state index in [0.717, 1.165) is 21.8 Å². The molecule has 7 heteroatoms. The lowest BCUT2D eigenvalue weighted by atomic mass is 10.0. The Morgan fingerprint density at radius 2 is 1.62 bits per heavy atom. The fourth-order valence-corrected chi connectivity index (χ4v) is 5.05. The molecule has 0 spiro atoms. The SMILES string of the molecule is COc1ccccc1C(=O)N1CCN(C(=O)c2ccc3ccccc3c2)C(c2nc3ccccc3[nH]2)C1. The van der Waals surface area contributed by atoms with Crippen molar-refractivity contribution < 1.29 is 14.3 Å². The van der Waals surface area contributed by atoms with E-state index in [9.17, 15) is 9.59 Å². The number of imidazole rings is 1. The minimum Gasteiger partial charge on any atom is -0.496 e. The monoisotopic (exact) mass is 490 g/mol. The molecule has 0 saturated carbocycles. The summed E-state index contributed by atoms with van der Waals surface area (Å²) in [4.78, 5) is 39.2. The number of nitrogens with one attached hydrogen (secondary N) is 1. The fourth-order valence-electron chi connectivity index (χ4n) is 5.05. The van der Waals surface area contributed by atoms with Crippen molar-refractivity contribution in [1.29, 1.82) is 0 Å². The number of ether oxygens (including phenoxy) is 1. The van der Waals surface area contributed by atoms with Crippen LogP contribution in [0.1, 0.15) is 32.6 Å². The summed E-state index contributed by atoms with van der Waals surface area (Å²) >= 11 is 0. The van der Waals surface area contributed by atoms with Gasteiger partial charge in [0.15, 0.2) is 0 Å². The molecule has 5 aromatic rings. The topological polar surface area (TPSA) is 78.5 Å². The maximum Gasteiger partial charge on any atom is 0.257 e. The average Bonchev–Trinajstić information content (AvgIpc) is 3.40. The van der Waals surface area contributed by atoms with Gasteiger partial charge in [-0.3, -0.25) is 9.59 Å². The molecule has 1 atom stereocenters. The maximum absolute atomic E-state index is 13.9. The molecule has 2 heterocycles.